The number of aromatic nitrogens is 2. The Balaban J connectivity index is 1.55. The number of ether oxygens (including phenoxy) is 3. The second kappa shape index (κ2) is 11.4. The van der Waals surface area contributed by atoms with E-state index in [-0.39, 0.29) is 24.2 Å². The zero-order chi connectivity index (χ0) is 25.7. The quantitative estimate of drug-likeness (QED) is 0.307. The highest BCUT2D eigenvalue weighted by Gasteiger charge is 2.20. The molecule has 4 rings (SSSR count). The first kappa shape index (κ1) is 25.5. The largest absolute Gasteiger partial charge is 0.489 e. The Hall–Kier alpha value is -3.60. The number of rotatable bonds is 7. The monoisotopic (exact) mass is 530 g/mol. The summed E-state index contributed by atoms with van der Waals surface area (Å²) in [5.74, 6) is 0.694. The predicted molar refractivity (Wildman–Crippen MR) is 138 cm³/mol. The van der Waals surface area contributed by atoms with Gasteiger partial charge in [-0.2, -0.15) is 0 Å². The standard InChI is InChI=1S/C24H24Cl2N6O4/c1-34-23-21(31-24(33)32-4-6-35-7-5-32)8-14(10-30-23)22(28)16-9-15(2-3-20(16)27)36-13-17-18(25)11-29-12-19(17)26/h2-3,8-12,28H,4-7,13,27H2,1H3,(H,31,33). The highest BCUT2D eigenvalue weighted by atomic mass is 35.5. The van der Waals surface area contributed by atoms with Crippen LogP contribution < -0.4 is 20.5 Å². The first-order chi connectivity index (χ1) is 17.4. The van der Waals surface area contributed by atoms with E-state index in [1.165, 1.54) is 25.7 Å². The Morgan fingerprint density at radius 3 is 2.61 bits per heavy atom. The lowest BCUT2D eigenvalue weighted by Crippen LogP contribution is -2.43. The maximum absolute atomic E-state index is 12.7. The molecule has 3 aromatic rings. The molecule has 0 unspecified atom stereocenters. The summed E-state index contributed by atoms with van der Waals surface area (Å²) in [5, 5.41) is 12.4. The van der Waals surface area contributed by atoms with E-state index in [1.807, 2.05) is 0 Å². The minimum Gasteiger partial charge on any atom is -0.489 e. The summed E-state index contributed by atoms with van der Waals surface area (Å²) < 4.78 is 16.5. The molecule has 188 valence electrons. The number of nitrogens with zero attached hydrogens (tertiary/aromatic N) is 3. The topological polar surface area (TPSA) is 136 Å². The number of nitrogens with one attached hydrogen (secondary N) is 2. The number of carbonyl (C=O) groups excluding carboxylic acids is 1. The Morgan fingerprint density at radius 2 is 1.92 bits per heavy atom. The van der Waals surface area contributed by atoms with Crippen molar-refractivity contribution in [3.8, 4) is 11.6 Å². The Bertz CT molecular complexity index is 1260. The van der Waals surface area contributed by atoms with Crippen molar-refractivity contribution in [3.05, 3.63) is 69.6 Å². The van der Waals surface area contributed by atoms with Gasteiger partial charge in [0.15, 0.2) is 0 Å². The zero-order valence-electron chi connectivity index (χ0n) is 19.4. The van der Waals surface area contributed by atoms with Crippen molar-refractivity contribution in [2.24, 2.45) is 0 Å². The van der Waals surface area contributed by atoms with E-state index in [0.717, 1.165) is 0 Å². The molecule has 1 saturated heterocycles. The molecule has 1 aromatic carbocycles. The molecule has 10 nitrogen and oxygen atoms in total. The van der Waals surface area contributed by atoms with Gasteiger partial charge < -0.3 is 30.2 Å². The number of carbonyl (C=O) groups is 1. The number of halogens is 2. The van der Waals surface area contributed by atoms with Crippen molar-refractivity contribution in [2.45, 2.75) is 6.61 Å². The lowest BCUT2D eigenvalue weighted by molar-refractivity contribution is 0.0564. The van der Waals surface area contributed by atoms with Crippen LogP contribution in [0.4, 0.5) is 16.2 Å². The lowest BCUT2D eigenvalue weighted by Gasteiger charge is -2.27. The Morgan fingerprint density at radius 1 is 1.19 bits per heavy atom. The number of methoxy groups -OCH3 is 1. The van der Waals surface area contributed by atoms with Gasteiger partial charge in [-0.3, -0.25) is 10.4 Å². The van der Waals surface area contributed by atoms with E-state index in [2.05, 4.69) is 15.3 Å². The van der Waals surface area contributed by atoms with E-state index >= 15 is 0 Å². The molecule has 0 atom stereocenters. The zero-order valence-corrected chi connectivity index (χ0v) is 20.9. The van der Waals surface area contributed by atoms with E-state index in [0.29, 0.717) is 70.2 Å². The molecular formula is C24H24Cl2N6O4. The number of pyridine rings is 2. The second-order valence-electron chi connectivity index (χ2n) is 7.80. The highest BCUT2D eigenvalue weighted by Crippen LogP contribution is 2.29. The summed E-state index contributed by atoms with van der Waals surface area (Å²) in [5.41, 5.74) is 8.44. The fourth-order valence-electron chi connectivity index (χ4n) is 3.53. The third kappa shape index (κ3) is 5.78. The molecule has 0 spiro atoms. The van der Waals surface area contributed by atoms with E-state index in [9.17, 15) is 4.79 Å². The maximum Gasteiger partial charge on any atom is 0.322 e. The molecule has 0 saturated carbocycles. The predicted octanol–water partition coefficient (Wildman–Crippen LogP) is 4.23. The van der Waals surface area contributed by atoms with E-state index in [1.54, 1.807) is 29.2 Å². The smallest absolute Gasteiger partial charge is 0.322 e. The van der Waals surface area contributed by atoms with Gasteiger partial charge in [0.05, 0.1) is 36.1 Å². The summed E-state index contributed by atoms with van der Waals surface area (Å²) in [4.78, 5) is 22.5. The molecular weight excluding hydrogens is 507 g/mol. The first-order valence-electron chi connectivity index (χ1n) is 10.9. The molecule has 2 aromatic heterocycles. The van der Waals surface area contributed by atoms with Crippen LogP contribution in [0.15, 0.2) is 42.9 Å². The Labute approximate surface area is 217 Å². The molecule has 1 fully saturated rings. The number of nitrogens with two attached hydrogens (primary N) is 1. The summed E-state index contributed by atoms with van der Waals surface area (Å²) in [6.07, 6.45) is 4.46. The van der Waals surface area contributed by atoms with Crippen molar-refractivity contribution in [1.29, 1.82) is 5.41 Å². The van der Waals surface area contributed by atoms with Gasteiger partial charge in [0.1, 0.15) is 18.0 Å². The summed E-state index contributed by atoms with van der Waals surface area (Å²) in [6.45, 7) is 2.03. The van der Waals surface area contributed by atoms with Crippen molar-refractivity contribution < 1.29 is 19.0 Å². The van der Waals surface area contributed by atoms with Crippen LogP contribution in [0.2, 0.25) is 10.0 Å². The van der Waals surface area contributed by atoms with Crippen LogP contribution >= 0.6 is 23.2 Å². The molecule has 0 radical (unpaired) electrons. The van der Waals surface area contributed by atoms with Crippen LogP contribution in [0, 0.1) is 5.41 Å². The summed E-state index contributed by atoms with van der Waals surface area (Å²) in [7, 11) is 1.46. The number of anilines is 2. The third-order valence-corrected chi connectivity index (χ3v) is 6.15. The number of urea groups is 1. The van der Waals surface area contributed by atoms with Gasteiger partial charge in [0.25, 0.3) is 0 Å². The number of amides is 2. The summed E-state index contributed by atoms with van der Waals surface area (Å²) in [6, 6.07) is 6.31. The molecule has 12 heteroatoms. The Kier molecular flexibility index (Phi) is 8.09. The lowest BCUT2D eigenvalue weighted by atomic mass is 10.0. The third-order valence-electron chi connectivity index (χ3n) is 5.50. The van der Waals surface area contributed by atoms with Gasteiger partial charge in [-0.25, -0.2) is 9.78 Å². The molecule has 0 aliphatic carbocycles. The number of hydrogen-bond acceptors (Lipinski definition) is 8. The van der Waals surface area contributed by atoms with Gasteiger partial charge in [-0.1, -0.05) is 23.2 Å². The van der Waals surface area contributed by atoms with Gasteiger partial charge in [0, 0.05) is 54.1 Å². The van der Waals surface area contributed by atoms with Crippen LogP contribution in [0.5, 0.6) is 11.6 Å². The number of benzene rings is 1. The van der Waals surface area contributed by atoms with Crippen molar-refractivity contribution in [3.63, 3.8) is 0 Å². The number of morpholine rings is 1. The molecule has 0 bridgehead atoms. The molecule has 36 heavy (non-hydrogen) atoms. The molecule has 2 amide bonds. The first-order valence-corrected chi connectivity index (χ1v) is 11.7. The van der Waals surface area contributed by atoms with Gasteiger partial charge in [-0.05, 0) is 24.3 Å². The molecule has 4 N–H and O–H groups in total. The minimum atomic E-state index is -0.301. The van der Waals surface area contributed by atoms with Crippen molar-refractivity contribution in [2.75, 3.05) is 44.5 Å². The number of hydrogen-bond donors (Lipinski definition) is 3. The van der Waals surface area contributed by atoms with Gasteiger partial charge >= 0.3 is 6.03 Å². The number of nitrogen functional groups attached to an aromatic ring is 1. The van der Waals surface area contributed by atoms with Crippen LogP contribution in [0.25, 0.3) is 0 Å². The van der Waals surface area contributed by atoms with Gasteiger partial charge in [-0.15, -0.1) is 0 Å². The van der Waals surface area contributed by atoms with Gasteiger partial charge in [0.2, 0.25) is 5.88 Å². The van der Waals surface area contributed by atoms with Crippen LogP contribution in [-0.2, 0) is 11.3 Å². The fraction of sp³-hybridized carbons (Fsp3) is 0.250. The van der Waals surface area contributed by atoms with E-state index in [4.69, 9.17) is 48.6 Å². The normalized spacial score (nSPS) is 13.2. The molecule has 1 aliphatic rings. The minimum absolute atomic E-state index is 0.0925. The summed E-state index contributed by atoms with van der Waals surface area (Å²) >= 11 is 12.3. The average molecular weight is 531 g/mol. The van der Waals surface area contributed by atoms with Crippen LogP contribution in [-0.4, -0.2) is 60.0 Å². The van der Waals surface area contributed by atoms with Crippen LogP contribution in [0.3, 0.4) is 0 Å². The van der Waals surface area contributed by atoms with Crippen LogP contribution in [0.1, 0.15) is 16.7 Å². The second-order valence-corrected chi connectivity index (χ2v) is 8.62. The van der Waals surface area contributed by atoms with Crippen molar-refractivity contribution >= 4 is 46.3 Å². The molecule has 1 aliphatic heterocycles. The fourth-order valence-corrected chi connectivity index (χ4v) is 4.00. The van der Waals surface area contributed by atoms with Crippen molar-refractivity contribution in [1.82, 2.24) is 14.9 Å². The molecule has 3 heterocycles. The van der Waals surface area contributed by atoms with E-state index < -0.39 is 0 Å². The SMILES string of the molecule is COc1ncc(C(=N)c2cc(OCc3c(Cl)cncc3Cl)ccc2N)cc1NC(=O)N1CCOCC1. The average Bonchev–Trinajstić information content (AvgIpc) is 2.89. The highest BCUT2D eigenvalue weighted by molar-refractivity contribution is 6.35. The maximum atomic E-state index is 12.7.